The van der Waals surface area contributed by atoms with Gasteiger partial charge in [-0.1, -0.05) is 6.92 Å². The Labute approximate surface area is 215 Å². The van der Waals surface area contributed by atoms with E-state index in [1.807, 2.05) is 11.8 Å². The Morgan fingerprint density at radius 1 is 1.27 bits per heavy atom. The van der Waals surface area contributed by atoms with Crippen molar-refractivity contribution in [1.29, 1.82) is 0 Å². The van der Waals surface area contributed by atoms with E-state index in [-0.39, 0.29) is 29.1 Å². The zero-order valence-corrected chi connectivity index (χ0v) is 21.4. The Bertz CT molecular complexity index is 1550. The van der Waals surface area contributed by atoms with Gasteiger partial charge in [0.15, 0.2) is 5.65 Å². The molecule has 1 aliphatic heterocycles. The van der Waals surface area contributed by atoms with E-state index in [1.165, 1.54) is 17.1 Å². The molecule has 12 nitrogen and oxygen atoms in total. The standard InChI is InChI=1S/C24H25N7O5S/c1-4-5-36-19-8-15(28-29(19)3)7-17(32)14-9-30(10-14)18-6-13(2)20-21(33)16(23(34)35)11-31(22(20)27-18)24-25-12-26-37-24/h6,8,11-12,14H,4-5,7,9-10H2,1-3H3,(H,34,35). The SMILES string of the molecule is CCCOc1cc(CC(=O)C2CN(c3cc(C)c4c(=O)c(C(=O)O)cn(-c5ncns5)c4n3)C2)nn1C. The number of hydrogen-bond donors (Lipinski definition) is 1. The lowest BCUT2D eigenvalue weighted by Crippen LogP contribution is -2.51. The third kappa shape index (κ3) is 4.57. The molecule has 192 valence electrons. The summed E-state index contributed by atoms with van der Waals surface area (Å²) in [6, 6.07) is 3.55. The first-order valence-electron chi connectivity index (χ1n) is 11.8. The molecule has 4 aromatic heterocycles. The molecular formula is C24H25N7O5S. The van der Waals surface area contributed by atoms with Crippen LogP contribution in [0.25, 0.3) is 16.2 Å². The number of nitrogens with zero attached hydrogens (tertiary/aromatic N) is 7. The summed E-state index contributed by atoms with van der Waals surface area (Å²) in [5, 5.41) is 14.5. The second kappa shape index (κ2) is 9.73. The van der Waals surface area contributed by atoms with Crippen LogP contribution in [0.4, 0.5) is 5.82 Å². The Morgan fingerprint density at radius 3 is 2.73 bits per heavy atom. The molecule has 4 aromatic rings. The molecule has 0 radical (unpaired) electrons. The zero-order chi connectivity index (χ0) is 26.3. The van der Waals surface area contributed by atoms with Crippen molar-refractivity contribution in [3.8, 4) is 11.0 Å². The summed E-state index contributed by atoms with van der Waals surface area (Å²) in [5.41, 5.74) is 0.591. The number of carboxylic acid groups (broad SMARTS) is 1. The van der Waals surface area contributed by atoms with Crippen molar-refractivity contribution >= 4 is 40.1 Å². The van der Waals surface area contributed by atoms with E-state index in [9.17, 15) is 19.5 Å². The van der Waals surface area contributed by atoms with Gasteiger partial charge in [-0.3, -0.25) is 14.2 Å². The predicted molar refractivity (Wildman–Crippen MR) is 136 cm³/mol. The van der Waals surface area contributed by atoms with Crippen LogP contribution >= 0.6 is 11.5 Å². The van der Waals surface area contributed by atoms with Crippen LogP contribution in [-0.2, 0) is 18.3 Å². The Balaban J connectivity index is 1.38. The maximum absolute atomic E-state index is 12.9. The Kier molecular flexibility index (Phi) is 6.46. The number of hydrogen-bond acceptors (Lipinski definition) is 10. The third-order valence-electron chi connectivity index (χ3n) is 6.29. The number of aromatic nitrogens is 6. The van der Waals surface area contributed by atoms with Crippen LogP contribution in [0.2, 0.25) is 0 Å². The molecule has 0 spiro atoms. The number of carbonyl (C=O) groups is 2. The van der Waals surface area contributed by atoms with Crippen LogP contribution in [-0.4, -0.2) is 65.2 Å². The lowest BCUT2D eigenvalue weighted by Gasteiger charge is -2.39. The first kappa shape index (κ1) is 24.6. The van der Waals surface area contributed by atoms with Gasteiger partial charge in [0.05, 0.1) is 30.0 Å². The van der Waals surface area contributed by atoms with Gasteiger partial charge in [-0.05, 0) is 25.0 Å². The van der Waals surface area contributed by atoms with Gasteiger partial charge in [0.1, 0.15) is 23.5 Å². The molecule has 13 heteroatoms. The first-order chi connectivity index (χ1) is 17.8. The summed E-state index contributed by atoms with van der Waals surface area (Å²) in [6.45, 7) is 5.33. The summed E-state index contributed by atoms with van der Waals surface area (Å²) < 4.78 is 12.8. The van der Waals surface area contributed by atoms with Crippen molar-refractivity contribution in [1.82, 2.24) is 28.7 Å². The molecule has 0 atom stereocenters. The zero-order valence-electron chi connectivity index (χ0n) is 20.5. The van der Waals surface area contributed by atoms with Crippen molar-refractivity contribution in [3.05, 3.63) is 51.7 Å². The van der Waals surface area contributed by atoms with Crippen molar-refractivity contribution in [2.75, 3.05) is 24.6 Å². The number of rotatable bonds is 9. The number of aromatic carboxylic acids is 1. The van der Waals surface area contributed by atoms with Crippen LogP contribution in [0.15, 0.2) is 29.5 Å². The molecule has 0 bridgehead atoms. The molecule has 0 unspecified atom stereocenters. The number of Topliss-reactive ketones (excluding diaryl/α,β-unsaturated/α-hetero) is 1. The van der Waals surface area contributed by atoms with Crippen LogP contribution in [0.1, 0.15) is 35.0 Å². The fraction of sp³-hybridized carbons (Fsp3) is 0.375. The van der Waals surface area contributed by atoms with Crippen LogP contribution in [0, 0.1) is 12.8 Å². The summed E-state index contributed by atoms with van der Waals surface area (Å²) >= 11 is 1.06. The number of ether oxygens (including phenoxy) is 1. The topological polar surface area (TPSA) is 145 Å². The minimum Gasteiger partial charge on any atom is -0.478 e. The van der Waals surface area contributed by atoms with E-state index in [1.54, 1.807) is 30.8 Å². The molecule has 0 aliphatic carbocycles. The van der Waals surface area contributed by atoms with Crippen LogP contribution in [0.5, 0.6) is 5.88 Å². The van der Waals surface area contributed by atoms with E-state index in [0.717, 1.165) is 18.0 Å². The van der Waals surface area contributed by atoms with Crippen molar-refractivity contribution in [3.63, 3.8) is 0 Å². The number of anilines is 1. The maximum Gasteiger partial charge on any atom is 0.341 e. The number of aryl methyl sites for hydroxylation is 2. The lowest BCUT2D eigenvalue weighted by molar-refractivity contribution is -0.123. The van der Waals surface area contributed by atoms with E-state index >= 15 is 0 Å². The van der Waals surface area contributed by atoms with Gasteiger partial charge in [0.2, 0.25) is 16.4 Å². The minimum atomic E-state index is -1.32. The smallest absolute Gasteiger partial charge is 0.341 e. The van der Waals surface area contributed by atoms with E-state index in [2.05, 4.69) is 19.4 Å². The normalized spacial score (nSPS) is 13.6. The monoisotopic (exact) mass is 523 g/mol. The van der Waals surface area contributed by atoms with E-state index in [0.29, 0.717) is 53.4 Å². The molecular weight excluding hydrogens is 498 g/mol. The third-order valence-corrected chi connectivity index (χ3v) is 6.95. The van der Waals surface area contributed by atoms with Gasteiger partial charge < -0.3 is 14.7 Å². The van der Waals surface area contributed by atoms with Crippen molar-refractivity contribution in [2.24, 2.45) is 13.0 Å². The molecule has 37 heavy (non-hydrogen) atoms. The second-order valence-corrected chi connectivity index (χ2v) is 9.72. The highest BCUT2D eigenvalue weighted by molar-refractivity contribution is 7.08. The van der Waals surface area contributed by atoms with Crippen molar-refractivity contribution in [2.45, 2.75) is 26.7 Å². The van der Waals surface area contributed by atoms with E-state index in [4.69, 9.17) is 4.74 Å². The number of carbonyl (C=O) groups excluding carboxylic acids is 1. The number of pyridine rings is 2. The van der Waals surface area contributed by atoms with Gasteiger partial charge >= 0.3 is 5.97 Å². The van der Waals surface area contributed by atoms with Gasteiger partial charge in [-0.25, -0.2) is 19.4 Å². The molecule has 0 amide bonds. The van der Waals surface area contributed by atoms with Gasteiger partial charge in [-0.2, -0.15) is 9.47 Å². The average Bonchev–Trinajstić information content (AvgIpc) is 3.46. The van der Waals surface area contributed by atoms with E-state index < -0.39 is 11.4 Å². The number of fused-ring (bicyclic) bond motifs is 1. The molecule has 1 saturated heterocycles. The average molecular weight is 524 g/mol. The summed E-state index contributed by atoms with van der Waals surface area (Å²) in [4.78, 5) is 48.3. The molecule has 0 saturated carbocycles. The molecule has 1 N–H and O–H groups in total. The maximum atomic E-state index is 12.9. The van der Waals surface area contributed by atoms with Gasteiger partial charge in [-0.15, -0.1) is 0 Å². The Hall–Kier alpha value is -4.13. The summed E-state index contributed by atoms with van der Waals surface area (Å²) in [5.74, 6) is -0.161. The second-order valence-electron chi connectivity index (χ2n) is 8.96. The quantitative estimate of drug-likeness (QED) is 0.346. The van der Waals surface area contributed by atoms with Crippen LogP contribution < -0.4 is 15.1 Å². The minimum absolute atomic E-state index is 0.0887. The molecule has 0 aromatic carbocycles. The summed E-state index contributed by atoms with van der Waals surface area (Å²) in [7, 11) is 1.79. The number of carboxylic acids is 1. The highest BCUT2D eigenvalue weighted by Crippen LogP contribution is 2.29. The Morgan fingerprint density at radius 2 is 2.05 bits per heavy atom. The van der Waals surface area contributed by atoms with Gasteiger partial charge in [0, 0.05) is 43.9 Å². The summed E-state index contributed by atoms with van der Waals surface area (Å²) in [6.07, 6.45) is 3.70. The largest absolute Gasteiger partial charge is 0.478 e. The molecule has 1 aliphatic rings. The highest BCUT2D eigenvalue weighted by atomic mass is 32.1. The van der Waals surface area contributed by atoms with Gasteiger partial charge in [0.25, 0.3) is 0 Å². The predicted octanol–water partition coefficient (Wildman–Crippen LogP) is 2.01. The van der Waals surface area contributed by atoms with Crippen molar-refractivity contribution < 1.29 is 19.4 Å². The lowest BCUT2D eigenvalue weighted by atomic mass is 9.92. The molecule has 1 fully saturated rings. The fourth-order valence-corrected chi connectivity index (χ4v) is 4.85. The highest BCUT2D eigenvalue weighted by Gasteiger charge is 2.34. The first-order valence-corrected chi connectivity index (χ1v) is 12.5. The fourth-order valence-electron chi connectivity index (χ4n) is 4.34. The molecule has 5 heterocycles. The van der Waals surface area contributed by atoms with Crippen LogP contribution in [0.3, 0.4) is 0 Å². The molecule has 5 rings (SSSR count). The number of ketones is 1.